The van der Waals surface area contributed by atoms with E-state index in [-0.39, 0.29) is 12.5 Å². The maximum atomic E-state index is 12.5. The van der Waals surface area contributed by atoms with E-state index in [1.165, 1.54) is 11.1 Å². The summed E-state index contributed by atoms with van der Waals surface area (Å²) in [6.07, 6.45) is 1.94. The van der Waals surface area contributed by atoms with Crippen LogP contribution >= 0.6 is 0 Å². The van der Waals surface area contributed by atoms with Crippen LogP contribution in [0.5, 0.6) is 0 Å². The summed E-state index contributed by atoms with van der Waals surface area (Å²) in [6.45, 7) is 5.17. The van der Waals surface area contributed by atoms with Crippen molar-refractivity contribution in [2.24, 2.45) is 4.99 Å². The van der Waals surface area contributed by atoms with Gasteiger partial charge in [-0.1, -0.05) is 24.3 Å². The second-order valence-corrected chi connectivity index (χ2v) is 6.84. The molecule has 1 amide bonds. The van der Waals surface area contributed by atoms with Crippen LogP contribution in [0.2, 0.25) is 0 Å². The van der Waals surface area contributed by atoms with Crippen LogP contribution in [0.4, 0.5) is 0 Å². The molecule has 0 aliphatic carbocycles. The molecule has 1 aromatic carbocycles. The Morgan fingerprint density at radius 1 is 1.26 bits per heavy atom. The molecule has 1 aromatic rings. The van der Waals surface area contributed by atoms with Gasteiger partial charge >= 0.3 is 0 Å². The minimum atomic E-state index is 0.101. The molecule has 1 aliphatic heterocycles. The highest BCUT2D eigenvalue weighted by Crippen LogP contribution is 2.18. The molecule has 1 heterocycles. The van der Waals surface area contributed by atoms with Crippen LogP contribution in [0, 0.1) is 0 Å². The summed E-state index contributed by atoms with van der Waals surface area (Å²) in [7, 11) is 5.53. The maximum Gasteiger partial charge on any atom is 0.242 e. The Labute approximate surface area is 162 Å². The number of likely N-dealkylation sites (N-methyl/N-ethyl adjacent to an activating group) is 1. The molecule has 27 heavy (non-hydrogen) atoms. The normalized spacial score (nSPS) is 14.2. The summed E-state index contributed by atoms with van der Waals surface area (Å²) in [5.41, 5.74) is 2.60. The first-order valence-corrected chi connectivity index (χ1v) is 9.60. The minimum Gasteiger partial charge on any atom is -0.385 e. The standard InChI is InChI=1S/C20H33N5O2/c1-21-20(22-10-13-24(2)11-6-14-27-3)23-15-19(26)25-12-9-17-7-4-5-8-18(17)16-25/h4-5,7-8H,6,9-16H2,1-3H3,(H2,21,22,23). The Morgan fingerprint density at radius 3 is 2.78 bits per heavy atom. The highest BCUT2D eigenvalue weighted by molar-refractivity contribution is 5.86. The molecule has 7 heteroatoms. The van der Waals surface area contributed by atoms with Crippen LogP contribution < -0.4 is 10.6 Å². The zero-order valence-electron chi connectivity index (χ0n) is 16.8. The Balaban J connectivity index is 1.67. The van der Waals surface area contributed by atoms with Gasteiger partial charge < -0.3 is 25.2 Å². The van der Waals surface area contributed by atoms with Gasteiger partial charge in [0.1, 0.15) is 0 Å². The largest absolute Gasteiger partial charge is 0.385 e. The summed E-state index contributed by atoms with van der Waals surface area (Å²) in [5.74, 6) is 0.759. The van der Waals surface area contributed by atoms with Gasteiger partial charge in [0.15, 0.2) is 5.96 Å². The number of carbonyl (C=O) groups is 1. The number of methoxy groups -OCH3 is 1. The number of fused-ring (bicyclic) bond motifs is 1. The predicted octanol–water partition coefficient (Wildman–Crippen LogP) is 0.705. The van der Waals surface area contributed by atoms with Gasteiger partial charge in [0.25, 0.3) is 0 Å². The van der Waals surface area contributed by atoms with Crippen LogP contribution in [0.1, 0.15) is 17.5 Å². The number of guanidine groups is 1. The number of nitrogens with zero attached hydrogens (tertiary/aromatic N) is 3. The fourth-order valence-electron chi connectivity index (χ4n) is 3.16. The number of aliphatic imine (C=N–C) groups is 1. The number of rotatable bonds is 9. The third-order valence-corrected chi connectivity index (χ3v) is 4.79. The summed E-state index contributed by atoms with van der Waals surface area (Å²) in [4.78, 5) is 20.9. The van der Waals surface area contributed by atoms with Crippen LogP contribution in [-0.2, 0) is 22.5 Å². The molecule has 0 unspecified atom stereocenters. The molecule has 2 rings (SSSR count). The molecule has 0 saturated carbocycles. The molecule has 0 fully saturated rings. The fraction of sp³-hybridized carbons (Fsp3) is 0.600. The summed E-state index contributed by atoms with van der Waals surface area (Å²) in [5, 5.41) is 6.39. The molecule has 2 N–H and O–H groups in total. The Hall–Kier alpha value is -2.12. The Morgan fingerprint density at radius 2 is 2.04 bits per heavy atom. The van der Waals surface area contributed by atoms with Crippen molar-refractivity contribution >= 4 is 11.9 Å². The van der Waals surface area contributed by atoms with E-state index in [9.17, 15) is 4.79 Å². The van der Waals surface area contributed by atoms with Crippen molar-refractivity contribution in [1.29, 1.82) is 0 Å². The maximum absolute atomic E-state index is 12.5. The number of carbonyl (C=O) groups excluding carboxylic acids is 1. The van der Waals surface area contributed by atoms with E-state index in [4.69, 9.17) is 4.74 Å². The van der Waals surface area contributed by atoms with Gasteiger partial charge in [0, 0.05) is 53.5 Å². The zero-order valence-corrected chi connectivity index (χ0v) is 16.8. The van der Waals surface area contributed by atoms with Gasteiger partial charge in [-0.15, -0.1) is 0 Å². The van der Waals surface area contributed by atoms with Crippen molar-refractivity contribution in [1.82, 2.24) is 20.4 Å². The average molecular weight is 376 g/mol. The second kappa shape index (κ2) is 11.6. The Bertz CT molecular complexity index is 620. The van der Waals surface area contributed by atoms with Gasteiger partial charge in [0.2, 0.25) is 5.91 Å². The number of amides is 1. The third kappa shape index (κ3) is 7.19. The number of hydrogen-bond acceptors (Lipinski definition) is 4. The number of ether oxygens (including phenoxy) is 1. The van der Waals surface area contributed by atoms with Crippen molar-refractivity contribution < 1.29 is 9.53 Å². The lowest BCUT2D eigenvalue weighted by molar-refractivity contribution is -0.130. The molecular formula is C20H33N5O2. The molecule has 0 aromatic heterocycles. The van der Waals surface area contributed by atoms with Gasteiger partial charge in [0.05, 0.1) is 6.54 Å². The zero-order chi connectivity index (χ0) is 19.5. The van der Waals surface area contributed by atoms with Gasteiger partial charge in [-0.05, 0) is 31.0 Å². The molecular weight excluding hydrogens is 342 g/mol. The quantitative estimate of drug-likeness (QED) is 0.378. The number of nitrogens with one attached hydrogen (secondary N) is 2. The van der Waals surface area contributed by atoms with Crippen molar-refractivity contribution in [3.63, 3.8) is 0 Å². The first-order chi connectivity index (χ1) is 13.1. The van der Waals surface area contributed by atoms with Gasteiger partial charge in [-0.3, -0.25) is 9.79 Å². The lowest BCUT2D eigenvalue weighted by Crippen LogP contribution is -2.47. The van der Waals surface area contributed by atoms with Gasteiger partial charge in [-0.2, -0.15) is 0 Å². The summed E-state index contributed by atoms with van der Waals surface area (Å²) in [6, 6.07) is 8.34. The van der Waals surface area contributed by atoms with E-state index < -0.39 is 0 Å². The number of benzene rings is 1. The molecule has 0 bridgehead atoms. The van der Waals surface area contributed by atoms with Crippen molar-refractivity contribution in [3.8, 4) is 0 Å². The number of hydrogen-bond donors (Lipinski definition) is 2. The van der Waals surface area contributed by atoms with Crippen molar-refractivity contribution in [3.05, 3.63) is 35.4 Å². The average Bonchev–Trinajstić information content (AvgIpc) is 2.70. The molecule has 0 atom stereocenters. The first-order valence-electron chi connectivity index (χ1n) is 9.60. The molecule has 7 nitrogen and oxygen atoms in total. The first kappa shape index (κ1) is 21.2. The third-order valence-electron chi connectivity index (χ3n) is 4.79. The van der Waals surface area contributed by atoms with Crippen molar-refractivity contribution in [2.45, 2.75) is 19.4 Å². The van der Waals surface area contributed by atoms with Crippen LogP contribution in [0.25, 0.3) is 0 Å². The van der Waals surface area contributed by atoms with Crippen LogP contribution in [-0.4, -0.2) is 82.2 Å². The minimum absolute atomic E-state index is 0.101. The Kier molecular flexibility index (Phi) is 9.07. The lowest BCUT2D eigenvalue weighted by Gasteiger charge is -2.29. The van der Waals surface area contributed by atoms with Gasteiger partial charge in [-0.25, -0.2) is 0 Å². The van der Waals surface area contributed by atoms with Crippen LogP contribution in [0.3, 0.4) is 0 Å². The topological polar surface area (TPSA) is 69.2 Å². The fourth-order valence-corrected chi connectivity index (χ4v) is 3.16. The predicted molar refractivity (Wildman–Crippen MR) is 109 cm³/mol. The highest BCUT2D eigenvalue weighted by Gasteiger charge is 2.20. The monoisotopic (exact) mass is 375 g/mol. The smallest absolute Gasteiger partial charge is 0.242 e. The summed E-state index contributed by atoms with van der Waals surface area (Å²) >= 11 is 0. The SMILES string of the molecule is CN=C(NCCN(C)CCCOC)NCC(=O)N1CCc2ccccc2C1. The molecule has 0 radical (unpaired) electrons. The van der Waals surface area contributed by atoms with Crippen LogP contribution in [0.15, 0.2) is 29.3 Å². The van der Waals surface area contributed by atoms with E-state index in [0.29, 0.717) is 12.5 Å². The van der Waals surface area contributed by atoms with Crippen molar-refractivity contribution in [2.75, 3.05) is 60.5 Å². The second-order valence-electron chi connectivity index (χ2n) is 6.84. The summed E-state index contributed by atoms with van der Waals surface area (Å²) < 4.78 is 5.07. The molecule has 1 aliphatic rings. The van der Waals surface area contributed by atoms with E-state index in [0.717, 1.165) is 45.6 Å². The molecule has 150 valence electrons. The highest BCUT2D eigenvalue weighted by atomic mass is 16.5. The van der Waals surface area contributed by atoms with E-state index in [2.05, 4.69) is 45.8 Å². The van der Waals surface area contributed by atoms with E-state index >= 15 is 0 Å². The molecule has 0 spiro atoms. The van der Waals surface area contributed by atoms with E-state index in [1.54, 1.807) is 14.2 Å². The lowest BCUT2D eigenvalue weighted by atomic mass is 10.00. The molecule has 0 saturated heterocycles. The van der Waals surface area contributed by atoms with E-state index in [1.807, 2.05) is 11.0 Å².